The Labute approximate surface area is 183 Å². The van der Waals surface area contributed by atoms with Gasteiger partial charge in [0.05, 0.1) is 6.04 Å². The van der Waals surface area contributed by atoms with Crippen molar-refractivity contribution in [3.8, 4) is 11.5 Å². The number of ether oxygens (including phenoxy) is 2. The molecule has 1 saturated heterocycles. The smallest absolute Gasteiger partial charge is 0.434 e. The number of benzene rings is 2. The van der Waals surface area contributed by atoms with Crippen molar-refractivity contribution >= 4 is 24.8 Å². The lowest BCUT2D eigenvalue weighted by Crippen LogP contribution is -2.45. The molecule has 168 valence electrons. The van der Waals surface area contributed by atoms with Crippen LogP contribution in [-0.2, 0) is 0 Å². The van der Waals surface area contributed by atoms with E-state index >= 15 is 0 Å². The zero-order valence-electron chi connectivity index (χ0n) is 15.6. The van der Waals surface area contributed by atoms with Crippen LogP contribution >= 0.6 is 24.8 Å². The molecule has 0 aliphatic carbocycles. The minimum Gasteiger partial charge on any atom is -0.434 e. The highest BCUT2D eigenvalue weighted by molar-refractivity contribution is 5.85. The fourth-order valence-electron chi connectivity index (χ4n) is 3.29. The summed E-state index contributed by atoms with van der Waals surface area (Å²) in [4.78, 5) is 2.07. The molecule has 2 aromatic carbocycles. The van der Waals surface area contributed by atoms with Crippen LogP contribution in [0.1, 0.15) is 17.2 Å². The monoisotopic (exact) mass is 474 g/mol. The number of para-hydroxylation sites is 1. The average Bonchev–Trinajstić information content (AvgIpc) is 2.64. The number of piperazine rings is 1. The summed E-state index contributed by atoms with van der Waals surface area (Å²) in [5.41, 5.74) is 1.18. The van der Waals surface area contributed by atoms with Gasteiger partial charge in [-0.1, -0.05) is 30.3 Å². The number of alkyl halides is 5. The summed E-state index contributed by atoms with van der Waals surface area (Å²) in [6, 6.07) is 11.4. The van der Waals surface area contributed by atoms with Crippen molar-refractivity contribution < 1.29 is 31.4 Å². The van der Waals surface area contributed by atoms with E-state index < -0.39 is 19.0 Å². The van der Waals surface area contributed by atoms with E-state index in [9.17, 15) is 22.0 Å². The van der Waals surface area contributed by atoms with Gasteiger partial charge in [-0.25, -0.2) is 0 Å². The van der Waals surface area contributed by atoms with E-state index in [4.69, 9.17) is 0 Å². The molecule has 4 nitrogen and oxygen atoms in total. The fourth-order valence-corrected chi connectivity index (χ4v) is 3.29. The number of rotatable bonds is 6. The van der Waals surface area contributed by atoms with E-state index in [1.54, 1.807) is 18.2 Å². The quantitative estimate of drug-likeness (QED) is 0.595. The summed E-state index contributed by atoms with van der Waals surface area (Å²) >= 11 is 0. The molecule has 0 bridgehead atoms. The maximum atomic E-state index is 12.9. The normalized spacial score (nSPS) is 15.7. The van der Waals surface area contributed by atoms with Gasteiger partial charge in [0, 0.05) is 31.7 Å². The molecule has 11 heteroatoms. The van der Waals surface area contributed by atoms with Crippen LogP contribution in [0.15, 0.2) is 48.5 Å². The zero-order valence-corrected chi connectivity index (χ0v) is 17.2. The lowest BCUT2D eigenvalue weighted by atomic mass is 9.95. The largest absolute Gasteiger partial charge is 0.573 e. The topological polar surface area (TPSA) is 33.7 Å². The first kappa shape index (κ1) is 26.2. The Morgan fingerprint density at radius 2 is 1.50 bits per heavy atom. The van der Waals surface area contributed by atoms with Crippen molar-refractivity contribution in [1.82, 2.24) is 10.2 Å². The second kappa shape index (κ2) is 11.5. The van der Waals surface area contributed by atoms with Crippen molar-refractivity contribution in [2.75, 3.05) is 26.2 Å². The first-order chi connectivity index (χ1) is 13.3. The highest BCUT2D eigenvalue weighted by Gasteiger charge is 2.32. The molecule has 0 unspecified atom stereocenters. The number of halogens is 7. The van der Waals surface area contributed by atoms with E-state index in [1.165, 1.54) is 30.3 Å². The van der Waals surface area contributed by atoms with E-state index in [1.807, 2.05) is 0 Å². The molecule has 0 radical (unpaired) electrons. The SMILES string of the molecule is Cl.Cl.FC(F)Oc1ccccc1[C@H](c1ccc(OC(F)(F)F)cc1)N1CCNCC1. The van der Waals surface area contributed by atoms with Crippen LogP contribution in [0.3, 0.4) is 0 Å². The summed E-state index contributed by atoms with van der Waals surface area (Å²) in [5.74, 6) is -0.302. The third-order valence-electron chi connectivity index (χ3n) is 4.38. The summed E-state index contributed by atoms with van der Waals surface area (Å²) in [7, 11) is 0. The summed E-state index contributed by atoms with van der Waals surface area (Å²) < 4.78 is 71.5. The number of nitrogens with one attached hydrogen (secondary N) is 1. The highest BCUT2D eigenvalue weighted by Crippen LogP contribution is 2.36. The van der Waals surface area contributed by atoms with Gasteiger partial charge in [-0.15, -0.1) is 38.0 Å². The van der Waals surface area contributed by atoms with Gasteiger partial charge in [-0.3, -0.25) is 4.90 Å². The fraction of sp³-hybridized carbons (Fsp3) is 0.368. The van der Waals surface area contributed by atoms with Crippen LogP contribution in [0, 0.1) is 0 Å². The molecule has 1 atom stereocenters. The van der Waals surface area contributed by atoms with E-state index in [2.05, 4.69) is 19.7 Å². The van der Waals surface area contributed by atoms with Gasteiger partial charge in [-0.05, 0) is 23.8 Å². The van der Waals surface area contributed by atoms with Gasteiger partial charge in [0.15, 0.2) is 0 Å². The molecule has 0 aromatic heterocycles. The lowest BCUT2D eigenvalue weighted by molar-refractivity contribution is -0.274. The Hall–Kier alpha value is -1.81. The van der Waals surface area contributed by atoms with Crippen LogP contribution in [0.25, 0.3) is 0 Å². The molecular formula is C19H21Cl2F5N2O2. The molecule has 1 fully saturated rings. The lowest BCUT2D eigenvalue weighted by Gasteiger charge is -2.36. The van der Waals surface area contributed by atoms with Crippen LogP contribution in [0.2, 0.25) is 0 Å². The van der Waals surface area contributed by atoms with E-state index in [0.29, 0.717) is 37.3 Å². The maximum absolute atomic E-state index is 12.9. The predicted octanol–water partition coefficient (Wildman–Crippen LogP) is 5.02. The second-order valence-electron chi connectivity index (χ2n) is 6.22. The number of hydrogen-bond acceptors (Lipinski definition) is 4. The summed E-state index contributed by atoms with van der Waals surface area (Å²) in [5, 5.41) is 3.22. The van der Waals surface area contributed by atoms with Gasteiger partial charge < -0.3 is 14.8 Å². The molecule has 0 spiro atoms. The van der Waals surface area contributed by atoms with Crippen molar-refractivity contribution in [1.29, 1.82) is 0 Å². The second-order valence-corrected chi connectivity index (χ2v) is 6.22. The Kier molecular flexibility index (Phi) is 10.1. The van der Waals surface area contributed by atoms with Crippen molar-refractivity contribution in [3.63, 3.8) is 0 Å². The molecule has 30 heavy (non-hydrogen) atoms. The molecule has 0 amide bonds. The zero-order chi connectivity index (χ0) is 20.1. The van der Waals surface area contributed by atoms with E-state index in [-0.39, 0.29) is 36.3 Å². The Balaban J connectivity index is 0.00000225. The molecule has 0 saturated carbocycles. The number of nitrogens with zero attached hydrogens (tertiary/aromatic N) is 1. The van der Waals surface area contributed by atoms with Crippen molar-refractivity contribution in [3.05, 3.63) is 59.7 Å². The minimum absolute atomic E-state index is 0. The van der Waals surface area contributed by atoms with E-state index in [0.717, 1.165) is 0 Å². The Morgan fingerprint density at radius 3 is 2.07 bits per heavy atom. The van der Waals surface area contributed by atoms with Gasteiger partial charge >= 0.3 is 13.0 Å². The van der Waals surface area contributed by atoms with Crippen LogP contribution in [0.4, 0.5) is 22.0 Å². The van der Waals surface area contributed by atoms with Gasteiger partial charge in [-0.2, -0.15) is 8.78 Å². The van der Waals surface area contributed by atoms with Gasteiger partial charge in [0.2, 0.25) is 0 Å². The van der Waals surface area contributed by atoms with Crippen molar-refractivity contribution in [2.24, 2.45) is 0 Å². The molecular weight excluding hydrogens is 454 g/mol. The van der Waals surface area contributed by atoms with Crippen LogP contribution in [-0.4, -0.2) is 44.1 Å². The highest BCUT2D eigenvalue weighted by atomic mass is 35.5. The average molecular weight is 475 g/mol. The Bertz CT molecular complexity index is 772. The van der Waals surface area contributed by atoms with Crippen molar-refractivity contribution in [2.45, 2.75) is 19.0 Å². The molecule has 1 heterocycles. The standard InChI is InChI=1S/C19H19F5N2O2.2ClH/c20-18(21)27-16-4-2-1-3-15(16)17(26-11-9-25-10-12-26)13-5-7-14(8-6-13)28-19(22,23)24;;/h1-8,17-18,25H,9-12H2;2*1H/t17-;;/m0../s1. The summed E-state index contributed by atoms with van der Waals surface area (Å²) in [6.07, 6.45) is -4.78. The minimum atomic E-state index is -4.78. The third-order valence-corrected chi connectivity index (χ3v) is 4.38. The molecule has 1 aliphatic rings. The summed E-state index contributed by atoms with van der Waals surface area (Å²) in [6.45, 7) is -0.261. The predicted molar refractivity (Wildman–Crippen MR) is 107 cm³/mol. The van der Waals surface area contributed by atoms with Crippen LogP contribution < -0.4 is 14.8 Å². The van der Waals surface area contributed by atoms with Gasteiger partial charge in [0.1, 0.15) is 11.5 Å². The molecule has 1 aliphatic heterocycles. The Morgan fingerprint density at radius 1 is 0.900 bits per heavy atom. The maximum Gasteiger partial charge on any atom is 0.573 e. The molecule has 3 rings (SSSR count). The van der Waals surface area contributed by atoms with Crippen LogP contribution in [0.5, 0.6) is 11.5 Å². The molecule has 2 aromatic rings. The van der Waals surface area contributed by atoms with Gasteiger partial charge in [0.25, 0.3) is 0 Å². The first-order valence-electron chi connectivity index (χ1n) is 8.68. The number of hydrogen-bond donors (Lipinski definition) is 1. The molecule has 1 N–H and O–H groups in total. The third kappa shape index (κ3) is 7.16. The first-order valence-corrected chi connectivity index (χ1v) is 8.68.